The smallest absolute Gasteiger partial charge is 0.230 e. The zero-order valence-corrected chi connectivity index (χ0v) is 9.98. The summed E-state index contributed by atoms with van der Waals surface area (Å²) in [7, 11) is 1.47. The summed E-state index contributed by atoms with van der Waals surface area (Å²) in [5.74, 6) is 0.518. The third-order valence-electron chi connectivity index (χ3n) is 2.17. The summed E-state index contributed by atoms with van der Waals surface area (Å²) in [4.78, 5) is 0. The monoisotopic (exact) mass is 284 g/mol. The van der Waals surface area contributed by atoms with E-state index in [4.69, 9.17) is 15.0 Å². The van der Waals surface area contributed by atoms with Gasteiger partial charge < -0.3 is 20.1 Å². The highest BCUT2D eigenvalue weighted by molar-refractivity contribution is 9.10. The van der Waals surface area contributed by atoms with Crippen LogP contribution in [-0.2, 0) is 0 Å². The van der Waals surface area contributed by atoms with Gasteiger partial charge in [-0.2, -0.15) is 0 Å². The van der Waals surface area contributed by atoms with Gasteiger partial charge in [-0.1, -0.05) is 5.16 Å². The van der Waals surface area contributed by atoms with E-state index < -0.39 is 0 Å². The van der Waals surface area contributed by atoms with Crippen molar-refractivity contribution in [1.29, 1.82) is 0 Å². The fourth-order valence-electron chi connectivity index (χ4n) is 1.42. The first-order valence-corrected chi connectivity index (χ1v) is 5.20. The highest BCUT2D eigenvalue weighted by atomic mass is 79.9. The summed E-state index contributed by atoms with van der Waals surface area (Å²) in [6.45, 7) is 0. The van der Waals surface area contributed by atoms with Gasteiger partial charge in [0.1, 0.15) is 0 Å². The number of nitrogens with zero attached hydrogens (tertiary/aromatic N) is 1. The van der Waals surface area contributed by atoms with Gasteiger partial charge >= 0.3 is 0 Å². The first-order chi connectivity index (χ1) is 7.65. The summed E-state index contributed by atoms with van der Waals surface area (Å²) < 4.78 is 10.4. The summed E-state index contributed by atoms with van der Waals surface area (Å²) in [5.41, 5.74) is 6.82. The Morgan fingerprint density at radius 2 is 2.19 bits per heavy atom. The molecule has 0 bridgehead atoms. The molecule has 2 aromatic rings. The van der Waals surface area contributed by atoms with Gasteiger partial charge in [0, 0.05) is 5.56 Å². The molecule has 1 heterocycles. The van der Waals surface area contributed by atoms with Crippen molar-refractivity contribution in [3.63, 3.8) is 0 Å². The predicted octanol–water partition coefficient (Wildman–Crippen LogP) is 2.40. The number of ether oxygens (including phenoxy) is 1. The van der Waals surface area contributed by atoms with Gasteiger partial charge in [-0.25, -0.2) is 0 Å². The Bertz CT molecular complexity index is 525. The van der Waals surface area contributed by atoms with Crippen LogP contribution >= 0.6 is 15.9 Å². The fourth-order valence-corrected chi connectivity index (χ4v) is 1.73. The number of halogens is 1. The molecule has 0 aliphatic rings. The maximum absolute atomic E-state index is 9.80. The minimum atomic E-state index is 0.0144. The second-order valence-electron chi connectivity index (χ2n) is 3.08. The van der Waals surface area contributed by atoms with Crippen LogP contribution in [0.15, 0.2) is 27.3 Å². The molecule has 2 rings (SSSR count). The molecule has 0 saturated heterocycles. The SMILES string of the molecule is COc1c(-c2cnoc2N)ccc(Br)c1O. The quantitative estimate of drug-likeness (QED) is 0.885. The van der Waals surface area contributed by atoms with Gasteiger partial charge in [0.2, 0.25) is 5.88 Å². The Labute approximate surface area is 99.9 Å². The largest absolute Gasteiger partial charge is 0.503 e. The molecule has 16 heavy (non-hydrogen) atoms. The standard InChI is InChI=1S/C10H9BrN2O3/c1-15-9-5(2-3-7(11)8(9)14)6-4-13-16-10(6)12/h2-4,14H,12H2,1H3. The molecule has 0 atom stereocenters. The molecule has 0 fully saturated rings. The van der Waals surface area contributed by atoms with Gasteiger partial charge in [-0.15, -0.1) is 0 Å². The number of aromatic hydroxyl groups is 1. The van der Waals surface area contributed by atoms with Crippen molar-refractivity contribution < 1.29 is 14.4 Å². The van der Waals surface area contributed by atoms with Crippen molar-refractivity contribution in [3.05, 3.63) is 22.8 Å². The van der Waals surface area contributed by atoms with Crippen molar-refractivity contribution in [2.45, 2.75) is 0 Å². The van der Waals surface area contributed by atoms with Gasteiger partial charge in [0.25, 0.3) is 0 Å². The van der Waals surface area contributed by atoms with Crippen molar-refractivity contribution in [2.24, 2.45) is 0 Å². The van der Waals surface area contributed by atoms with E-state index in [-0.39, 0.29) is 11.6 Å². The second-order valence-corrected chi connectivity index (χ2v) is 3.93. The molecule has 0 aliphatic carbocycles. The lowest BCUT2D eigenvalue weighted by Crippen LogP contribution is -1.91. The number of methoxy groups -OCH3 is 1. The fraction of sp³-hybridized carbons (Fsp3) is 0.100. The number of aromatic nitrogens is 1. The summed E-state index contributed by atoms with van der Waals surface area (Å²) >= 11 is 3.20. The average Bonchev–Trinajstić information content (AvgIpc) is 2.68. The molecule has 5 nitrogen and oxygen atoms in total. The molecular formula is C10H9BrN2O3. The van der Waals surface area contributed by atoms with Crippen LogP contribution in [0.3, 0.4) is 0 Å². The van der Waals surface area contributed by atoms with Gasteiger partial charge in [-0.05, 0) is 28.1 Å². The van der Waals surface area contributed by atoms with E-state index in [1.165, 1.54) is 13.3 Å². The maximum Gasteiger partial charge on any atom is 0.230 e. The predicted molar refractivity (Wildman–Crippen MR) is 62.3 cm³/mol. The Morgan fingerprint density at radius 1 is 1.44 bits per heavy atom. The van der Waals surface area contributed by atoms with Crippen molar-refractivity contribution in [1.82, 2.24) is 5.16 Å². The first-order valence-electron chi connectivity index (χ1n) is 4.41. The van der Waals surface area contributed by atoms with Crippen LogP contribution in [0.4, 0.5) is 5.88 Å². The zero-order chi connectivity index (χ0) is 11.7. The number of anilines is 1. The number of hydrogen-bond donors (Lipinski definition) is 2. The van der Waals surface area contributed by atoms with E-state index >= 15 is 0 Å². The van der Waals surface area contributed by atoms with Gasteiger partial charge in [0.15, 0.2) is 11.5 Å². The minimum Gasteiger partial charge on any atom is -0.503 e. The van der Waals surface area contributed by atoms with Crippen LogP contribution in [0.5, 0.6) is 11.5 Å². The van der Waals surface area contributed by atoms with Crippen LogP contribution in [0.1, 0.15) is 0 Å². The molecule has 0 radical (unpaired) electrons. The van der Waals surface area contributed by atoms with E-state index in [1.807, 2.05) is 0 Å². The average molecular weight is 285 g/mol. The number of hydrogen-bond acceptors (Lipinski definition) is 5. The van der Waals surface area contributed by atoms with Gasteiger partial charge in [-0.3, -0.25) is 0 Å². The summed E-state index contributed by atoms with van der Waals surface area (Å²) in [5, 5.41) is 13.4. The van der Waals surface area contributed by atoms with Crippen molar-refractivity contribution in [2.75, 3.05) is 12.8 Å². The first kappa shape index (κ1) is 10.8. The third kappa shape index (κ3) is 1.61. The van der Waals surface area contributed by atoms with Gasteiger partial charge in [0.05, 0.1) is 23.3 Å². The van der Waals surface area contributed by atoms with E-state index in [9.17, 15) is 5.11 Å². The van der Waals surface area contributed by atoms with Crippen LogP contribution in [0.25, 0.3) is 11.1 Å². The number of phenols is 1. The van der Waals surface area contributed by atoms with Crippen LogP contribution in [-0.4, -0.2) is 17.4 Å². The number of benzene rings is 1. The Hall–Kier alpha value is -1.69. The zero-order valence-electron chi connectivity index (χ0n) is 8.40. The Balaban J connectivity index is 2.66. The molecule has 3 N–H and O–H groups in total. The number of phenolic OH excluding ortho intramolecular Hbond substituents is 1. The van der Waals surface area contributed by atoms with E-state index in [1.54, 1.807) is 12.1 Å². The van der Waals surface area contributed by atoms with Crippen molar-refractivity contribution in [3.8, 4) is 22.6 Å². The third-order valence-corrected chi connectivity index (χ3v) is 2.81. The van der Waals surface area contributed by atoms with Crippen LogP contribution < -0.4 is 10.5 Å². The second kappa shape index (κ2) is 4.05. The molecular weight excluding hydrogens is 276 g/mol. The lowest BCUT2D eigenvalue weighted by atomic mass is 10.1. The van der Waals surface area contributed by atoms with Crippen molar-refractivity contribution >= 4 is 21.8 Å². The highest BCUT2D eigenvalue weighted by Gasteiger charge is 2.17. The maximum atomic E-state index is 9.80. The van der Waals surface area contributed by atoms with Crippen LogP contribution in [0, 0.1) is 0 Å². The number of rotatable bonds is 2. The van der Waals surface area contributed by atoms with E-state index in [0.717, 1.165) is 0 Å². The van der Waals surface area contributed by atoms with E-state index in [0.29, 0.717) is 21.3 Å². The number of nitrogens with two attached hydrogens (primary N) is 1. The molecule has 0 amide bonds. The summed E-state index contributed by atoms with van der Waals surface area (Å²) in [6.07, 6.45) is 1.47. The van der Waals surface area contributed by atoms with Crippen LogP contribution in [0.2, 0.25) is 0 Å². The molecule has 0 unspecified atom stereocenters. The minimum absolute atomic E-state index is 0.0144. The Kier molecular flexibility index (Phi) is 2.74. The number of nitrogen functional groups attached to an aromatic ring is 1. The topological polar surface area (TPSA) is 81.5 Å². The lowest BCUT2D eigenvalue weighted by molar-refractivity contribution is 0.373. The summed E-state index contributed by atoms with van der Waals surface area (Å²) in [6, 6.07) is 3.45. The molecule has 84 valence electrons. The molecule has 0 saturated carbocycles. The molecule has 0 spiro atoms. The molecule has 0 aliphatic heterocycles. The molecule has 1 aromatic heterocycles. The normalized spacial score (nSPS) is 10.4. The lowest BCUT2D eigenvalue weighted by Gasteiger charge is -2.10. The highest BCUT2D eigenvalue weighted by Crippen LogP contribution is 2.43. The van der Waals surface area contributed by atoms with E-state index in [2.05, 4.69) is 21.1 Å². The molecule has 6 heteroatoms. The Morgan fingerprint density at radius 3 is 2.75 bits per heavy atom. The molecule has 1 aromatic carbocycles.